The van der Waals surface area contributed by atoms with E-state index in [0.29, 0.717) is 18.6 Å². The molecule has 1 aliphatic rings. The second kappa shape index (κ2) is 8.34. The Hall–Kier alpha value is -2.46. The third-order valence-electron chi connectivity index (χ3n) is 6.91. The number of hydrogen-bond acceptors (Lipinski definition) is 5. The van der Waals surface area contributed by atoms with Gasteiger partial charge in [-0.2, -0.15) is 0 Å². The van der Waals surface area contributed by atoms with Crippen LogP contribution in [-0.4, -0.2) is 38.1 Å². The van der Waals surface area contributed by atoms with Crippen molar-refractivity contribution in [2.24, 2.45) is 24.9 Å². The first-order valence-corrected chi connectivity index (χ1v) is 13.2. The van der Waals surface area contributed by atoms with Gasteiger partial charge in [-0.1, -0.05) is 34.6 Å². The summed E-state index contributed by atoms with van der Waals surface area (Å²) in [4.78, 5) is 21.8. The average molecular weight is 489 g/mol. The van der Waals surface area contributed by atoms with Crippen molar-refractivity contribution in [1.29, 1.82) is 0 Å². The molecule has 3 aromatic heterocycles. The third-order valence-corrected chi connectivity index (χ3v) is 8.26. The molecule has 1 N–H and O–H groups in total. The fourth-order valence-corrected chi connectivity index (χ4v) is 6.24. The molecule has 10 heteroatoms. The molecule has 2 unspecified atom stereocenters. The number of sulfonamides is 1. The zero-order valence-corrected chi connectivity index (χ0v) is 22.0. The van der Waals surface area contributed by atoms with Gasteiger partial charge in [0, 0.05) is 44.5 Å². The largest absolute Gasteiger partial charge is 0.339 e. The van der Waals surface area contributed by atoms with Gasteiger partial charge in [-0.25, -0.2) is 27.9 Å². The van der Waals surface area contributed by atoms with Crippen LogP contribution in [0.2, 0.25) is 0 Å². The van der Waals surface area contributed by atoms with E-state index >= 15 is 0 Å². The molecule has 2 atom stereocenters. The lowest BCUT2D eigenvalue weighted by Crippen LogP contribution is -2.48. The maximum atomic E-state index is 13.0. The second-order valence-corrected chi connectivity index (χ2v) is 13.2. The van der Waals surface area contributed by atoms with Crippen LogP contribution in [0.15, 0.2) is 34.5 Å². The lowest BCUT2D eigenvalue weighted by Gasteiger charge is -2.42. The molecule has 0 radical (unpaired) electrons. The summed E-state index contributed by atoms with van der Waals surface area (Å²) in [5.74, 6) is 0.0925. The van der Waals surface area contributed by atoms with Crippen molar-refractivity contribution < 1.29 is 8.42 Å². The van der Waals surface area contributed by atoms with E-state index in [9.17, 15) is 13.2 Å². The van der Waals surface area contributed by atoms with Crippen LogP contribution < -0.4 is 10.4 Å². The summed E-state index contributed by atoms with van der Waals surface area (Å²) in [6.07, 6.45) is 5.39. The highest BCUT2D eigenvalue weighted by Crippen LogP contribution is 2.43. The van der Waals surface area contributed by atoms with Gasteiger partial charge in [0.1, 0.15) is 0 Å². The van der Waals surface area contributed by atoms with Crippen LogP contribution in [0, 0.1) is 10.8 Å². The van der Waals surface area contributed by atoms with Crippen molar-refractivity contribution in [2.45, 2.75) is 77.4 Å². The maximum Gasteiger partial charge on any atom is 0.330 e. The Labute approximate surface area is 201 Å². The van der Waals surface area contributed by atoms with Gasteiger partial charge in [0.15, 0.2) is 10.7 Å². The van der Waals surface area contributed by atoms with Gasteiger partial charge in [-0.15, -0.1) is 0 Å². The Morgan fingerprint density at radius 2 is 1.91 bits per heavy atom. The molecule has 4 rings (SSSR count). The quantitative estimate of drug-likeness (QED) is 0.594. The third kappa shape index (κ3) is 4.70. The predicted octanol–water partition coefficient (Wildman–Crippen LogP) is 3.16. The van der Waals surface area contributed by atoms with Gasteiger partial charge < -0.3 is 4.57 Å². The minimum atomic E-state index is -3.73. The summed E-state index contributed by atoms with van der Waals surface area (Å²) >= 11 is 0. The average Bonchev–Trinajstić information content (AvgIpc) is 3.27. The van der Waals surface area contributed by atoms with E-state index < -0.39 is 10.0 Å². The number of pyridine rings is 1. The predicted molar refractivity (Wildman–Crippen MR) is 132 cm³/mol. The number of rotatable bonds is 5. The van der Waals surface area contributed by atoms with Gasteiger partial charge in [-0.3, -0.25) is 9.13 Å². The highest BCUT2D eigenvalue weighted by atomic mass is 32.2. The Bertz CT molecular complexity index is 1370. The number of aryl methyl sites for hydroxylation is 2. The molecule has 0 amide bonds. The Morgan fingerprint density at radius 3 is 2.53 bits per heavy atom. The lowest BCUT2D eigenvalue weighted by molar-refractivity contribution is 0.170. The Morgan fingerprint density at radius 1 is 1.21 bits per heavy atom. The fourth-order valence-electron chi connectivity index (χ4n) is 4.84. The van der Waals surface area contributed by atoms with Gasteiger partial charge in [0.05, 0.1) is 11.8 Å². The minimum Gasteiger partial charge on any atom is -0.339 e. The van der Waals surface area contributed by atoms with E-state index in [0.717, 1.165) is 24.1 Å². The second-order valence-electron chi connectivity index (χ2n) is 11.6. The van der Waals surface area contributed by atoms with Crippen molar-refractivity contribution in [3.8, 4) is 0 Å². The lowest BCUT2D eigenvalue weighted by atomic mass is 9.69. The van der Waals surface area contributed by atoms with Crippen LogP contribution in [0.1, 0.15) is 65.5 Å². The molecule has 0 aromatic carbocycles. The summed E-state index contributed by atoms with van der Waals surface area (Å²) in [6.45, 7) is 11.1. The van der Waals surface area contributed by atoms with Crippen LogP contribution >= 0.6 is 0 Å². The molecule has 0 saturated heterocycles. The molecule has 3 aromatic rings. The van der Waals surface area contributed by atoms with Gasteiger partial charge in [0.2, 0.25) is 0 Å². The van der Waals surface area contributed by atoms with Crippen LogP contribution in [0.25, 0.3) is 11.2 Å². The van der Waals surface area contributed by atoms with Gasteiger partial charge in [-0.05, 0) is 42.2 Å². The molecule has 34 heavy (non-hydrogen) atoms. The first-order chi connectivity index (χ1) is 15.7. The molecule has 186 valence electrons. The SMILES string of the molecule is Cn1cnc(S(=O)(=O)NC2CC(c3ccc4c(n3)n(C)c(=O)n4CC(C)(C)C)CCC2(C)C)c1. The number of aromatic nitrogens is 5. The molecule has 1 aliphatic carbocycles. The van der Waals surface area contributed by atoms with Crippen molar-refractivity contribution in [3.05, 3.63) is 40.8 Å². The molecule has 1 fully saturated rings. The van der Waals surface area contributed by atoms with Crippen LogP contribution in [-0.2, 0) is 30.7 Å². The van der Waals surface area contributed by atoms with Crippen molar-refractivity contribution in [3.63, 3.8) is 0 Å². The molecule has 0 bridgehead atoms. The highest BCUT2D eigenvalue weighted by Gasteiger charge is 2.40. The number of imidazole rings is 2. The highest BCUT2D eigenvalue weighted by molar-refractivity contribution is 7.89. The standard InChI is InChI=1S/C24H36N6O3S/c1-23(2,3)14-30-18-9-8-17(26-21(18)29(7)22(30)31)16-10-11-24(4,5)19(12-16)27-34(32,33)20-13-28(6)15-25-20/h8-9,13,15-16,19,27H,10-12,14H2,1-7H3. The zero-order valence-electron chi connectivity index (χ0n) is 21.2. The summed E-state index contributed by atoms with van der Waals surface area (Å²) < 4.78 is 33.9. The van der Waals surface area contributed by atoms with Gasteiger partial charge >= 0.3 is 5.69 Å². The summed E-state index contributed by atoms with van der Waals surface area (Å²) in [5, 5.41) is 0.0302. The molecule has 9 nitrogen and oxygen atoms in total. The van der Waals surface area contributed by atoms with E-state index in [1.165, 1.54) is 12.5 Å². The van der Waals surface area contributed by atoms with Crippen LogP contribution in [0.5, 0.6) is 0 Å². The molecular formula is C24H36N6O3S. The number of nitrogens with zero attached hydrogens (tertiary/aromatic N) is 5. The van der Waals surface area contributed by atoms with Crippen LogP contribution in [0.4, 0.5) is 0 Å². The fraction of sp³-hybridized carbons (Fsp3) is 0.625. The molecule has 0 spiro atoms. The maximum absolute atomic E-state index is 13.0. The van der Waals surface area contributed by atoms with E-state index in [1.54, 1.807) is 27.8 Å². The molecule has 0 aliphatic heterocycles. The zero-order chi connectivity index (χ0) is 25.1. The monoisotopic (exact) mass is 488 g/mol. The topological polar surface area (TPSA) is 104 Å². The van der Waals surface area contributed by atoms with E-state index in [4.69, 9.17) is 4.98 Å². The molecule has 1 saturated carbocycles. The number of fused-ring (bicyclic) bond motifs is 1. The van der Waals surface area contributed by atoms with Crippen LogP contribution in [0.3, 0.4) is 0 Å². The summed E-state index contributed by atoms with van der Waals surface area (Å²) in [6, 6.07) is 3.72. The first kappa shape index (κ1) is 24.7. The Kier molecular flexibility index (Phi) is 6.05. The smallest absolute Gasteiger partial charge is 0.330 e. The molecule has 3 heterocycles. The number of nitrogens with one attached hydrogen (secondary N) is 1. The van der Waals surface area contributed by atoms with Crippen molar-refractivity contribution >= 4 is 21.2 Å². The van der Waals surface area contributed by atoms with E-state index in [2.05, 4.69) is 44.3 Å². The van der Waals surface area contributed by atoms with Crippen molar-refractivity contribution in [2.75, 3.05) is 0 Å². The summed E-state index contributed by atoms with van der Waals surface area (Å²) in [5.41, 5.74) is 2.08. The first-order valence-electron chi connectivity index (χ1n) is 11.7. The van der Waals surface area contributed by atoms with E-state index in [-0.39, 0.29) is 33.5 Å². The normalized spacial score (nSPS) is 21.3. The number of hydrogen-bond donors (Lipinski definition) is 1. The van der Waals surface area contributed by atoms with Crippen molar-refractivity contribution in [1.82, 2.24) is 28.4 Å². The van der Waals surface area contributed by atoms with Gasteiger partial charge in [0.25, 0.3) is 10.0 Å². The molecular weight excluding hydrogens is 452 g/mol. The summed E-state index contributed by atoms with van der Waals surface area (Å²) in [7, 11) is -0.223. The minimum absolute atomic E-state index is 0.0302. The Balaban J connectivity index is 1.64. The van der Waals surface area contributed by atoms with E-state index in [1.807, 2.05) is 12.1 Å².